The molecular weight excluding hydrogens is 380 g/mol. The quantitative estimate of drug-likeness (QED) is 0.510. The molecule has 0 aliphatic heterocycles. The van der Waals surface area contributed by atoms with Crippen molar-refractivity contribution in [3.63, 3.8) is 0 Å². The zero-order valence-corrected chi connectivity index (χ0v) is 17.7. The van der Waals surface area contributed by atoms with Gasteiger partial charge in [-0.1, -0.05) is 62.2 Å². The summed E-state index contributed by atoms with van der Waals surface area (Å²) in [5, 5.41) is 3.48. The molecule has 4 aromatic rings. The summed E-state index contributed by atoms with van der Waals surface area (Å²) in [5.74, 6) is 1.23. The van der Waals surface area contributed by atoms with Crippen molar-refractivity contribution in [2.75, 3.05) is 0 Å². The Hall–Kier alpha value is -3.29. The molecule has 1 aliphatic carbocycles. The maximum atomic E-state index is 12.1. The van der Waals surface area contributed by atoms with E-state index >= 15 is 0 Å². The largest absolute Gasteiger partial charge is 0.338 e. The predicted molar refractivity (Wildman–Crippen MR) is 115 cm³/mol. The van der Waals surface area contributed by atoms with Gasteiger partial charge in [0.2, 0.25) is 5.89 Å². The number of fused-ring (bicyclic) bond motifs is 1. The van der Waals surface area contributed by atoms with Gasteiger partial charge in [0.15, 0.2) is 17.5 Å². The van der Waals surface area contributed by atoms with Gasteiger partial charge in [0.25, 0.3) is 5.56 Å². The lowest BCUT2D eigenvalue weighted by molar-refractivity contribution is 0.368. The van der Waals surface area contributed by atoms with E-state index < -0.39 is 0 Å². The summed E-state index contributed by atoms with van der Waals surface area (Å²) < 4.78 is 7.88. The number of aryl methyl sites for hydroxylation is 1. The molecule has 1 aliphatic rings. The van der Waals surface area contributed by atoms with Gasteiger partial charge in [-0.3, -0.25) is 9.36 Å². The first-order valence-corrected chi connectivity index (χ1v) is 10.4. The van der Waals surface area contributed by atoms with Crippen LogP contribution in [0, 0.1) is 0 Å². The number of hydrogen-bond donors (Lipinski definition) is 0. The molecule has 0 amide bonds. The van der Waals surface area contributed by atoms with Gasteiger partial charge < -0.3 is 9.09 Å². The Kier molecular flexibility index (Phi) is 7.48. The van der Waals surface area contributed by atoms with E-state index in [-0.39, 0.29) is 12.1 Å². The molecule has 0 N–H and O–H groups in total. The lowest BCUT2D eigenvalue weighted by Gasteiger charge is -2.07. The molecule has 8 heteroatoms. The van der Waals surface area contributed by atoms with Crippen LogP contribution in [0.3, 0.4) is 0 Å². The van der Waals surface area contributed by atoms with E-state index in [0.29, 0.717) is 17.1 Å². The minimum Gasteiger partial charge on any atom is -0.338 e. The van der Waals surface area contributed by atoms with Crippen molar-refractivity contribution in [3.8, 4) is 0 Å². The van der Waals surface area contributed by atoms with Gasteiger partial charge in [0, 0.05) is 7.05 Å². The topological polar surface area (TPSA) is 91.6 Å². The average Bonchev–Trinajstić information content (AvgIpc) is 3.56. The minimum atomic E-state index is -0.187. The van der Waals surface area contributed by atoms with Gasteiger partial charge >= 0.3 is 0 Å². The van der Waals surface area contributed by atoms with E-state index in [1.54, 1.807) is 23.5 Å². The van der Waals surface area contributed by atoms with Crippen molar-refractivity contribution in [2.24, 2.45) is 7.05 Å². The van der Waals surface area contributed by atoms with Crippen LogP contribution in [0.5, 0.6) is 0 Å². The summed E-state index contributed by atoms with van der Waals surface area (Å²) in [6.45, 7) is 4.20. The van der Waals surface area contributed by atoms with Crippen LogP contribution in [0.15, 0.2) is 58.6 Å². The van der Waals surface area contributed by atoms with Gasteiger partial charge in [-0.2, -0.15) is 4.98 Å². The molecule has 158 valence electrons. The van der Waals surface area contributed by atoms with E-state index in [1.807, 2.05) is 13.8 Å². The third-order valence-corrected chi connectivity index (χ3v) is 5.04. The highest BCUT2D eigenvalue weighted by Crippen LogP contribution is 2.33. The number of imidazole rings is 1. The molecular formula is C22H28N6O2. The molecule has 0 unspecified atom stereocenters. The number of aromatic nitrogens is 6. The SMILES string of the molecule is CC.Cn1cnc2ncn(Cc3ncno3)c(=O)c21.c1ccc(C2CCCC2)cc1. The van der Waals surface area contributed by atoms with E-state index in [9.17, 15) is 4.79 Å². The molecule has 8 nitrogen and oxygen atoms in total. The van der Waals surface area contributed by atoms with Crippen LogP contribution in [0.2, 0.25) is 0 Å². The van der Waals surface area contributed by atoms with Crippen LogP contribution < -0.4 is 5.56 Å². The molecule has 5 rings (SSSR count). The Morgan fingerprint density at radius 1 is 1.03 bits per heavy atom. The van der Waals surface area contributed by atoms with E-state index in [4.69, 9.17) is 4.52 Å². The summed E-state index contributed by atoms with van der Waals surface area (Å²) >= 11 is 0. The standard InChI is InChI=1S/C11H14.C9H8N6O2.C2H6/c1-2-6-10(7-3-1)11-8-4-5-9-11;1-14-4-11-8-7(14)9(16)15(5-12-8)2-6-10-3-13-17-6;1-2/h1-3,6-7,11H,4-5,8-9H2;3-5H,2H2,1H3;1-2H3. The third kappa shape index (κ3) is 5.00. The lowest BCUT2D eigenvalue weighted by atomic mass is 9.98. The summed E-state index contributed by atoms with van der Waals surface area (Å²) in [4.78, 5) is 24.1. The third-order valence-electron chi connectivity index (χ3n) is 5.04. The van der Waals surface area contributed by atoms with Crippen LogP contribution >= 0.6 is 0 Å². The number of benzene rings is 1. The highest BCUT2D eigenvalue weighted by molar-refractivity contribution is 5.68. The van der Waals surface area contributed by atoms with Crippen LogP contribution in [-0.4, -0.2) is 29.2 Å². The second-order valence-electron chi connectivity index (χ2n) is 6.93. The smallest absolute Gasteiger partial charge is 0.280 e. The van der Waals surface area contributed by atoms with Crippen molar-refractivity contribution in [3.05, 3.63) is 71.1 Å². The second-order valence-corrected chi connectivity index (χ2v) is 6.93. The molecule has 3 aromatic heterocycles. The lowest BCUT2D eigenvalue weighted by Crippen LogP contribution is -2.22. The Labute approximate surface area is 175 Å². The summed E-state index contributed by atoms with van der Waals surface area (Å²) in [6, 6.07) is 10.9. The normalized spacial score (nSPS) is 13.4. The second kappa shape index (κ2) is 10.5. The van der Waals surface area contributed by atoms with Crippen molar-refractivity contribution < 1.29 is 4.52 Å². The van der Waals surface area contributed by atoms with Gasteiger partial charge in [0.1, 0.15) is 12.9 Å². The van der Waals surface area contributed by atoms with Crippen LogP contribution in [0.1, 0.15) is 56.9 Å². The van der Waals surface area contributed by atoms with Crippen molar-refractivity contribution in [1.82, 2.24) is 29.2 Å². The van der Waals surface area contributed by atoms with Gasteiger partial charge in [-0.15, -0.1) is 0 Å². The molecule has 0 radical (unpaired) electrons. The van der Waals surface area contributed by atoms with Crippen molar-refractivity contribution in [1.29, 1.82) is 0 Å². The molecule has 0 bridgehead atoms. The van der Waals surface area contributed by atoms with Crippen LogP contribution in [0.25, 0.3) is 11.2 Å². The highest BCUT2D eigenvalue weighted by Gasteiger charge is 2.15. The molecule has 30 heavy (non-hydrogen) atoms. The van der Waals surface area contributed by atoms with Crippen molar-refractivity contribution >= 4 is 11.2 Å². The molecule has 1 saturated carbocycles. The summed E-state index contributed by atoms with van der Waals surface area (Å²) in [6.07, 6.45) is 9.93. The fraction of sp³-hybridized carbons (Fsp3) is 0.409. The number of hydrogen-bond acceptors (Lipinski definition) is 6. The zero-order valence-electron chi connectivity index (χ0n) is 17.7. The Balaban J connectivity index is 0.000000170. The molecule has 3 heterocycles. The minimum absolute atomic E-state index is 0.187. The first-order chi connectivity index (χ1) is 14.7. The fourth-order valence-corrected chi connectivity index (χ4v) is 3.58. The van der Waals surface area contributed by atoms with E-state index in [1.165, 1.54) is 42.9 Å². The van der Waals surface area contributed by atoms with Crippen molar-refractivity contribution in [2.45, 2.75) is 52.0 Å². The Morgan fingerprint density at radius 2 is 1.73 bits per heavy atom. The Morgan fingerprint density at radius 3 is 2.40 bits per heavy atom. The average molecular weight is 409 g/mol. The van der Waals surface area contributed by atoms with Crippen LogP contribution in [-0.2, 0) is 13.6 Å². The zero-order chi connectivity index (χ0) is 21.3. The fourth-order valence-electron chi connectivity index (χ4n) is 3.58. The maximum Gasteiger partial charge on any atom is 0.280 e. The summed E-state index contributed by atoms with van der Waals surface area (Å²) in [7, 11) is 1.75. The number of rotatable bonds is 3. The molecule has 1 aromatic carbocycles. The molecule has 0 saturated heterocycles. The van der Waals surface area contributed by atoms with Gasteiger partial charge in [-0.25, -0.2) is 9.97 Å². The number of nitrogens with zero attached hydrogens (tertiary/aromatic N) is 6. The first kappa shape index (κ1) is 21.4. The molecule has 0 spiro atoms. The van der Waals surface area contributed by atoms with Gasteiger partial charge in [-0.05, 0) is 24.3 Å². The van der Waals surface area contributed by atoms with Gasteiger partial charge in [0.05, 0.1) is 6.33 Å². The maximum absolute atomic E-state index is 12.1. The van der Waals surface area contributed by atoms with Crippen LogP contribution in [0.4, 0.5) is 0 Å². The predicted octanol–water partition coefficient (Wildman–Crippen LogP) is 3.93. The Bertz CT molecular complexity index is 1080. The van der Waals surface area contributed by atoms with E-state index in [2.05, 4.69) is 50.4 Å². The molecule has 1 fully saturated rings. The first-order valence-electron chi connectivity index (χ1n) is 10.4. The monoisotopic (exact) mass is 408 g/mol. The van der Waals surface area contributed by atoms with E-state index in [0.717, 1.165) is 5.92 Å². The molecule has 0 atom stereocenters. The summed E-state index contributed by atoms with van der Waals surface area (Å²) in [5.41, 5.74) is 2.24. The highest BCUT2D eigenvalue weighted by atomic mass is 16.5.